The lowest BCUT2D eigenvalue weighted by molar-refractivity contribution is -0.143. The number of likely N-dealkylation sites (tertiary alicyclic amines) is 2. The Labute approximate surface area is 230 Å². The lowest BCUT2D eigenvalue weighted by Crippen LogP contribution is -2.42. The van der Waals surface area contributed by atoms with Gasteiger partial charge in [-0.15, -0.1) is 0 Å². The van der Waals surface area contributed by atoms with Crippen LogP contribution in [0.4, 0.5) is 9.59 Å². The van der Waals surface area contributed by atoms with Crippen LogP contribution in [0.5, 0.6) is 0 Å². The van der Waals surface area contributed by atoms with Crippen molar-refractivity contribution in [2.45, 2.75) is 113 Å². The maximum atomic E-state index is 11.8. The van der Waals surface area contributed by atoms with Gasteiger partial charge >= 0.3 is 18.2 Å². The summed E-state index contributed by atoms with van der Waals surface area (Å²) in [6, 6.07) is 0. The van der Waals surface area contributed by atoms with Gasteiger partial charge in [0.2, 0.25) is 0 Å². The third-order valence-corrected chi connectivity index (χ3v) is 5.59. The normalized spacial score (nSPS) is 16.6. The number of hydrogen-bond acceptors (Lipinski definition) is 7. The van der Waals surface area contributed by atoms with Crippen molar-refractivity contribution in [3.05, 3.63) is 0 Å². The Kier molecular flexibility index (Phi) is 17.9. The molecule has 2 aliphatic rings. The summed E-state index contributed by atoms with van der Waals surface area (Å²) >= 11 is 0. The summed E-state index contributed by atoms with van der Waals surface area (Å²) in [7, 11) is 0. The molecule has 0 aromatic heterocycles. The number of carbonyl (C=O) groups is 4. The molecular formula is C28H55N3O7. The van der Waals surface area contributed by atoms with Crippen molar-refractivity contribution in [1.82, 2.24) is 9.80 Å². The van der Waals surface area contributed by atoms with Crippen molar-refractivity contribution in [2.75, 3.05) is 32.7 Å². The zero-order chi connectivity index (χ0) is 28.8. The van der Waals surface area contributed by atoms with Gasteiger partial charge in [0.15, 0.2) is 0 Å². The van der Waals surface area contributed by atoms with E-state index in [1.165, 1.54) is 0 Å². The first-order valence-corrected chi connectivity index (χ1v) is 13.5. The monoisotopic (exact) mass is 545 g/mol. The van der Waals surface area contributed by atoms with Crippen molar-refractivity contribution in [3.63, 3.8) is 0 Å². The number of nitrogens with two attached hydrogens (primary N) is 1. The van der Waals surface area contributed by atoms with Crippen molar-refractivity contribution < 1.29 is 33.8 Å². The average molecular weight is 546 g/mol. The lowest BCUT2D eigenvalue weighted by atomic mass is 9.90. The van der Waals surface area contributed by atoms with E-state index in [1.807, 2.05) is 55.4 Å². The standard InChI is InChI=1S/C14H25NO3.C11H19NO4.C2H7N.CH4/c1-5-6-12(16)11-7-9-15(10-8-11)13(17)18-14(2,3)4;1-11(2,3)16-10(15)12-6-4-8(5-7-12)9(13)14;1-2-3;/h11H,5-10H2,1-4H3;8H,4-7H2,1-3H3,(H,13,14);2-3H2,1H3;1H4. The molecule has 0 radical (unpaired) electrons. The number of aliphatic carboxylic acids is 1. The summed E-state index contributed by atoms with van der Waals surface area (Å²) in [6.45, 7) is 17.9. The highest BCUT2D eigenvalue weighted by Gasteiger charge is 2.30. The van der Waals surface area contributed by atoms with E-state index < -0.39 is 17.2 Å². The van der Waals surface area contributed by atoms with Gasteiger partial charge in [-0.2, -0.15) is 0 Å². The minimum absolute atomic E-state index is 0. The van der Waals surface area contributed by atoms with Gasteiger partial charge in [-0.3, -0.25) is 9.59 Å². The molecule has 0 spiro atoms. The first kappa shape index (κ1) is 37.8. The molecule has 2 heterocycles. The Morgan fingerprint density at radius 2 is 1.08 bits per heavy atom. The molecule has 38 heavy (non-hydrogen) atoms. The van der Waals surface area contributed by atoms with Crippen molar-refractivity contribution in [1.29, 1.82) is 0 Å². The molecule has 0 bridgehead atoms. The Hall–Kier alpha value is -2.36. The van der Waals surface area contributed by atoms with Gasteiger partial charge in [0.1, 0.15) is 17.0 Å². The number of carboxylic acids is 1. The van der Waals surface area contributed by atoms with Crippen LogP contribution in [0.15, 0.2) is 0 Å². The molecule has 2 rings (SSSR count). The van der Waals surface area contributed by atoms with Crippen LogP contribution < -0.4 is 5.73 Å². The van der Waals surface area contributed by atoms with Crippen LogP contribution in [-0.2, 0) is 19.1 Å². The smallest absolute Gasteiger partial charge is 0.410 e. The quantitative estimate of drug-likeness (QED) is 0.484. The summed E-state index contributed by atoms with van der Waals surface area (Å²) in [4.78, 5) is 49.3. The molecule has 2 aliphatic heterocycles. The summed E-state index contributed by atoms with van der Waals surface area (Å²) in [5.74, 6) is -0.604. The van der Waals surface area contributed by atoms with Crippen LogP contribution >= 0.6 is 0 Å². The predicted molar refractivity (Wildman–Crippen MR) is 150 cm³/mol. The molecule has 10 heteroatoms. The molecule has 0 aromatic carbocycles. The molecular weight excluding hydrogens is 490 g/mol. The third-order valence-electron chi connectivity index (χ3n) is 5.59. The SMILES string of the molecule is C.CC(C)(C)OC(=O)N1CCC(C(=O)O)CC1.CCCC(=O)C1CCN(C(=O)OC(C)(C)C)CC1.CCN. The van der Waals surface area contributed by atoms with Gasteiger partial charge in [0, 0.05) is 38.5 Å². The number of amides is 2. The van der Waals surface area contributed by atoms with E-state index in [-0.39, 0.29) is 31.4 Å². The molecule has 0 unspecified atom stereocenters. The van der Waals surface area contributed by atoms with E-state index in [0.29, 0.717) is 51.2 Å². The largest absolute Gasteiger partial charge is 0.481 e. The Balaban J connectivity index is 0. The zero-order valence-electron chi connectivity index (χ0n) is 24.3. The third kappa shape index (κ3) is 16.5. The molecule has 0 aliphatic carbocycles. The highest BCUT2D eigenvalue weighted by atomic mass is 16.6. The van der Waals surface area contributed by atoms with Gasteiger partial charge in [-0.25, -0.2) is 9.59 Å². The van der Waals surface area contributed by atoms with E-state index in [0.717, 1.165) is 25.8 Å². The van der Waals surface area contributed by atoms with Gasteiger partial charge in [-0.05, 0) is 80.2 Å². The van der Waals surface area contributed by atoms with Crippen LogP contribution in [0, 0.1) is 11.8 Å². The Bertz CT molecular complexity index is 713. The van der Waals surface area contributed by atoms with Gasteiger partial charge in [-0.1, -0.05) is 21.3 Å². The Morgan fingerprint density at radius 1 is 0.763 bits per heavy atom. The summed E-state index contributed by atoms with van der Waals surface area (Å²) < 4.78 is 10.5. The number of carboxylic acid groups (broad SMARTS) is 1. The number of nitrogens with zero attached hydrogens (tertiary/aromatic N) is 2. The number of hydrogen-bond donors (Lipinski definition) is 2. The van der Waals surface area contributed by atoms with E-state index in [2.05, 4.69) is 0 Å². The first-order valence-electron chi connectivity index (χ1n) is 13.5. The molecule has 2 saturated heterocycles. The van der Waals surface area contributed by atoms with Gasteiger partial charge in [0.05, 0.1) is 5.92 Å². The van der Waals surface area contributed by atoms with Crippen LogP contribution in [0.3, 0.4) is 0 Å². The summed E-state index contributed by atoms with van der Waals surface area (Å²) in [5, 5.41) is 8.81. The van der Waals surface area contributed by atoms with Crippen molar-refractivity contribution >= 4 is 23.9 Å². The van der Waals surface area contributed by atoms with E-state index >= 15 is 0 Å². The van der Waals surface area contributed by atoms with Crippen LogP contribution in [-0.4, -0.2) is 82.8 Å². The average Bonchev–Trinajstić information content (AvgIpc) is 2.78. The van der Waals surface area contributed by atoms with E-state index in [1.54, 1.807) is 9.80 Å². The second kappa shape index (κ2) is 18.0. The Morgan fingerprint density at radius 3 is 1.34 bits per heavy atom. The predicted octanol–water partition coefficient (Wildman–Crippen LogP) is 5.32. The molecule has 0 aromatic rings. The molecule has 2 fully saturated rings. The minimum Gasteiger partial charge on any atom is -0.481 e. The zero-order valence-corrected chi connectivity index (χ0v) is 24.3. The topological polar surface area (TPSA) is 139 Å². The number of carbonyl (C=O) groups excluding carboxylic acids is 3. The van der Waals surface area contributed by atoms with Crippen LogP contribution in [0.25, 0.3) is 0 Å². The second-order valence-corrected chi connectivity index (χ2v) is 11.4. The number of rotatable bonds is 4. The maximum Gasteiger partial charge on any atom is 0.410 e. The van der Waals surface area contributed by atoms with Gasteiger partial charge < -0.3 is 30.1 Å². The van der Waals surface area contributed by atoms with Crippen molar-refractivity contribution in [3.8, 4) is 0 Å². The summed E-state index contributed by atoms with van der Waals surface area (Å²) in [6.07, 6.45) is 3.53. The van der Waals surface area contributed by atoms with E-state index in [9.17, 15) is 19.2 Å². The highest BCUT2D eigenvalue weighted by Crippen LogP contribution is 2.22. The molecule has 10 nitrogen and oxygen atoms in total. The summed E-state index contributed by atoms with van der Waals surface area (Å²) in [5.41, 5.74) is 3.90. The first-order chi connectivity index (χ1) is 17.0. The highest BCUT2D eigenvalue weighted by molar-refractivity contribution is 5.81. The second-order valence-electron chi connectivity index (χ2n) is 11.4. The van der Waals surface area contributed by atoms with Crippen LogP contribution in [0.1, 0.15) is 101 Å². The maximum absolute atomic E-state index is 11.8. The number of ketones is 1. The van der Waals surface area contributed by atoms with Crippen molar-refractivity contribution in [2.24, 2.45) is 17.6 Å². The number of ether oxygens (including phenoxy) is 2. The molecule has 0 atom stereocenters. The molecule has 0 saturated carbocycles. The fourth-order valence-corrected chi connectivity index (χ4v) is 3.80. The fourth-order valence-electron chi connectivity index (χ4n) is 3.80. The van der Waals surface area contributed by atoms with E-state index in [4.69, 9.17) is 20.3 Å². The fraction of sp³-hybridized carbons (Fsp3) is 0.857. The number of Topliss-reactive ketones (excluding diaryl/α,β-unsaturated/α-hetero) is 1. The van der Waals surface area contributed by atoms with Crippen LogP contribution in [0.2, 0.25) is 0 Å². The molecule has 3 N–H and O–H groups in total. The van der Waals surface area contributed by atoms with Gasteiger partial charge in [0.25, 0.3) is 0 Å². The lowest BCUT2D eigenvalue weighted by Gasteiger charge is -2.32. The number of piperidine rings is 2. The minimum atomic E-state index is -0.774. The molecule has 2 amide bonds. The molecule has 224 valence electrons.